The van der Waals surface area contributed by atoms with Gasteiger partial charge < -0.3 is 10.0 Å². The van der Waals surface area contributed by atoms with E-state index in [0.29, 0.717) is 32.4 Å². The first kappa shape index (κ1) is 15.6. The standard InChI is InChI=1S/C14H16F3N3O/c1-13(21)5-2-7-20(8-6-13)12-10(9-18)3-4-11(19-12)14(15,16)17/h3-4,21H,2,5-8H2,1H3. The zero-order valence-electron chi connectivity index (χ0n) is 11.6. The lowest BCUT2D eigenvalue weighted by molar-refractivity contribution is -0.141. The summed E-state index contributed by atoms with van der Waals surface area (Å²) in [5, 5.41) is 19.1. The van der Waals surface area contributed by atoms with Crippen LogP contribution in [0.2, 0.25) is 0 Å². The largest absolute Gasteiger partial charge is 0.433 e. The highest BCUT2D eigenvalue weighted by atomic mass is 19.4. The number of anilines is 1. The molecule has 0 amide bonds. The van der Waals surface area contributed by atoms with Gasteiger partial charge in [0.25, 0.3) is 0 Å². The van der Waals surface area contributed by atoms with E-state index in [1.54, 1.807) is 11.8 Å². The molecule has 2 heterocycles. The van der Waals surface area contributed by atoms with Crippen molar-refractivity contribution in [2.24, 2.45) is 0 Å². The molecule has 0 spiro atoms. The smallest absolute Gasteiger partial charge is 0.390 e. The number of rotatable bonds is 1. The summed E-state index contributed by atoms with van der Waals surface area (Å²) in [7, 11) is 0. The average Bonchev–Trinajstić information content (AvgIpc) is 2.58. The Morgan fingerprint density at radius 3 is 2.67 bits per heavy atom. The van der Waals surface area contributed by atoms with E-state index >= 15 is 0 Å². The quantitative estimate of drug-likeness (QED) is 0.866. The summed E-state index contributed by atoms with van der Waals surface area (Å²) in [6.07, 6.45) is -2.91. The van der Waals surface area contributed by atoms with Crippen molar-refractivity contribution in [3.63, 3.8) is 0 Å². The second-order valence-electron chi connectivity index (χ2n) is 5.51. The molecule has 0 aliphatic carbocycles. The van der Waals surface area contributed by atoms with Gasteiger partial charge in [-0.05, 0) is 38.3 Å². The van der Waals surface area contributed by atoms with Crippen LogP contribution in [0.5, 0.6) is 0 Å². The summed E-state index contributed by atoms with van der Waals surface area (Å²) in [6.45, 7) is 2.55. The number of aromatic nitrogens is 1. The lowest BCUT2D eigenvalue weighted by Crippen LogP contribution is -2.29. The molecule has 4 nitrogen and oxygen atoms in total. The second kappa shape index (κ2) is 5.53. The Kier molecular flexibility index (Phi) is 4.10. The molecule has 7 heteroatoms. The highest BCUT2D eigenvalue weighted by Gasteiger charge is 2.34. The fourth-order valence-corrected chi connectivity index (χ4v) is 2.41. The third kappa shape index (κ3) is 3.64. The van der Waals surface area contributed by atoms with Crippen molar-refractivity contribution in [2.75, 3.05) is 18.0 Å². The molecule has 0 aromatic carbocycles. The van der Waals surface area contributed by atoms with Gasteiger partial charge in [0.1, 0.15) is 17.6 Å². The van der Waals surface area contributed by atoms with Crippen LogP contribution in [0, 0.1) is 11.3 Å². The van der Waals surface area contributed by atoms with Crippen LogP contribution in [0.25, 0.3) is 0 Å². The van der Waals surface area contributed by atoms with Gasteiger partial charge in [-0.25, -0.2) is 4.98 Å². The number of pyridine rings is 1. The Morgan fingerprint density at radius 1 is 1.33 bits per heavy atom. The van der Waals surface area contributed by atoms with Crippen molar-refractivity contribution in [3.8, 4) is 6.07 Å². The van der Waals surface area contributed by atoms with Crippen LogP contribution >= 0.6 is 0 Å². The van der Waals surface area contributed by atoms with Crippen molar-refractivity contribution in [2.45, 2.75) is 38.0 Å². The van der Waals surface area contributed by atoms with Crippen LogP contribution < -0.4 is 4.90 Å². The van der Waals surface area contributed by atoms with Crippen LogP contribution in [0.3, 0.4) is 0 Å². The van der Waals surface area contributed by atoms with Gasteiger partial charge in [-0.3, -0.25) is 0 Å². The zero-order valence-corrected chi connectivity index (χ0v) is 11.6. The van der Waals surface area contributed by atoms with Gasteiger partial charge in [-0.2, -0.15) is 18.4 Å². The van der Waals surface area contributed by atoms with E-state index in [2.05, 4.69) is 4.98 Å². The molecule has 1 aromatic rings. The normalized spacial score (nSPS) is 23.5. The summed E-state index contributed by atoms with van der Waals surface area (Å²) in [5.41, 5.74) is -1.72. The van der Waals surface area contributed by atoms with Gasteiger partial charge in [0.2, 0.25) is 0 Å². The second-order valence-corrected chi connectivity index (χ2v) is 5.51. The van der Waals surface area contributed by atoms with Crippen LogP contribution in [-0.2, 0) is 6.18 Å². The molecule has 1 aliphatic heterocycles. The van der Waals surface area contributed by atoms with E-state index in [1.165, 1.54) is 0 Å². The maximum atomic E-state index is 12.8. The minimum absolute atomic E-state index is 0.0463. The molecule has 1 N–H and O–H groups in total. The fraction of sp³-hybridized carbons (Fsp3) is 0.571. The Labute approximate surface area is 120 Å². The average molecular weight is 299 g/mol. The summed E-state index contributed by atoms with van der Waals surface area (Å²) < 4.78 is 38.3. The van der Waals surface area contributed by atoms with Crippen molar-refractivity contribution in [1.82, 2.24) is 4.98 Å². The minimum atomic E-state index is -4.54. The van der Waals surface area contributed by atoms with Gasteiger partial charge >= 0.3 is 6.18 Å². The van der Waals surface area contributed by atoms with Crippen molar-refractivity contribution in [1.29, 1.82) is 5.26 Å². The molecule has 1 aliphatic rings. The van der Waals surface area contributed by atoms with Crippen LogP contribution in [0.4, 0.5) is 19.0 Å². The molecule has 0 bridgehead atoms. The van der Waals surface area contributed by atoms with Crippen molar-refractivity contribution < 1.29 is 18.3 Å². The number of alkyl halides is 3. The van der Waals surface area contributed by atoms with E-state index in [9.17, 15) is 18.3 Å². The molecule has 114 valence electrons. The molecule has 21 heavy (non-hydrogen) atoms. The minimum Gasteiger partial charge on any atom is -0.390 e. The first-order valence-corrected chi connectivity index (χ1v) is 6.69. The number of halogens is 3. The van der Waals surface area contributed by atoms with E-state index in [0.717, 1.165) is 12.1 Å². The first-order chi connectivity index (χ1) is 9.73. The SMILES string of the molecule is CC1(O)CCCN(c2nc(C(F)(F)F)ccc2C#N)CC1. The van der Waals surface area contributed by atoms with Gasteiger partial charge in [-0.15, -0.1) is 0 Å². The molecule has 1 fully saturated rings. The summed E-state index contributed by atoms with van der Waals surface area (Å²) >= 11 is 0. The van der Waals surface area contributed by atoms with Crippen LogP contribution in [0.15, 0.2) is 12.1 Å². The third-order valence-electron chi connectivity index (χ3n) is 3.65. The van der Waals surface area contributed by atoms with Crippen LogP contribution in [0.1, 0.15) is 37.4 Å². The Bertz CT molecular complexity index is 564. The summed E-state index contributed by atoms with van der Waals surface area (Å²) in [5.74, 6) is 0.0463. The van der Waals surface area contributed by atoms with Crippen molar-refractivity contribution in [3.05, 3.63) is 23.4 Å². The molecule has 1 saturated heterocycles. The number of nitriles is 1. The molecule has 1 atom stereocenters. The molecule has 1 unspecified atom stereocenters. The Morgan fingerprint density at radius 2 is 2.05 bits per heavy atom. The molecule has 2 rings (SSSR count). The predicted octanol–water partition coefficient (Wildman–Crippen LogP) is 2.71. The van der Waals surface area contributed by atoms with Gasteiger partial charge in [0, 0.05) is 13.1 Å². The molecule has 0 radical (unpaired) electrons. The van der Waals surface area contributed by atoms with E-state index in [4.69, 9.17) is 5.26 Å². The lowest BCUT2D eigenvalue weighted by atomic mass is 9.98. The van der Waals surface area contributed by atoms with Gasteiger partial charge in [0.15, 0.2) is 0 Å². The maximum Gasteiger partial charge on any atom is 0.433 e. The monoisotopic (exact) mass is 299 g/mol. The number of hydrogen-bond acceptors (Lipinski definition) is 4. The first-order valence-electron chi connectivity index (χ1n) is 6.69. The molecule has 1 aromatic heterocycles. The van der Waals surface area contributed by atoms with E-state index < -0.39 is 17.5 Å². The zero-order chi connectivity index (χ0) is 15.7. The Balaban J connectivity index is 2.35. The number of nitrogens with zero attached hydrogens (tertiary/aromatic N) is 3. The summed E-state index contributed by atoms with van der Waals surface area (Å²) in [6, 6.07) is 3.84. The van der Waals surface area contributed by atoms with Crippen molar-refractivity contribution >= 4 is 5.82 Å². The number of hydrogen-bond donors (Lipinski definition) is 1. The topological polar surface area (TPSA) is 60.1 Å². The highest BCUT2D eigenvalue weighted by Crippen LogP contribution is 2.32. The molecular formula is C14H16F3N3O. The maximum absolute atomic E-state index is 12.8. The van der Waals surface area contributed by atoms with Gasteiger partial charge in [-0.1, -0.05) is 0 Å². The summed E-state index contributed by atoms with van der Waals surface area (Å²) in [4.78, 5) is 5.27. The highest BCUT2D eigenvalue weighted by molar-refractivity contribution is 5.54. The molecule has 0 saturated carbocycles. The fourth-order valence-electron chi connectivity index (χ4n) is 2.41. The van der Waals surface area contributed by atoms with E-state index in [1.807, 2.05) is 6.07 Å². The Hall–Kier alpha value is -1.81. The lowest BCUT2D eigenvalue weighted by Gasteiger charge is -2.24. The number of aliphatic hydroxyl groups is 1. The van der Waals surface area contributed by atoms with E-state index in [-0.39, 0.29) is 11.4 Å². The predicted molar refractivity (Wildman–Crippen MR) is 70.6 cm³/mol. The van der Waals surface area contributed by atoms with Crippen LogP contribution in [-0.4, -0.2) is 28.8 Å². The third-order valence-corrected chi connectivity index (χ3v) is 3.65. The molecular weight excluding hydrogens is 283 g/mol. The van der Waals surface area contributed by atoms with Gasteiger partial charge in [0.05, 0.1) is 11.2 Å².